The first kappa shape index (κ1) is 14.8. The molecule has 0 radical (unpaired) electrons. The lowest BCUT2D eigenvalue weighted by Crippen LogP contribution is -2.17. The molecule has 0 amide bonds. The van der Waals surface area contributed by atoms with Gasteiger partial charge in [0.2, 0.25) is 0 Å². The van der Waals surface area contributed by atoms with Crippen LogP contribution in [0.4, 0.5) is 0 Å². The van der Waals surface area contributed by atoms with Gasteiger partial charge in [-0.25, -0.2) is 0 Å². The van der Waals surface area contributed by atoms with Crippen molar-refractivity contribution in [3.63, 3.8) is 0 Å². The molecule has 20 heavy (non-hydrogen) atoms. The van der Waals surface area contributed by atoms with Crippen molar-refractivity contribution < 1.29 is 4.74 Å². The molecule has 0 aliphatic heterocycles. The number of hydrogen-bond acceptors (Lipinski definition) is 4. The van der Waals surface area contributed by atoms with Crippen LogP contribution in [-0.4, -0.2) is 17.3 Å². The predicted molar refractivity (Wildman–Crippen MR) is 80.2 cm³/mol. The largest absolute Gasteiger partial charge is 0.496 e. The van der Waals surface area contributed by atoms with Gasteiger partial charge in [-0.1, -0.05) is 18.5 Å². The second-order valence-corrected chi connectivity index (χ2v) is 5.04. The minimum absolute atomic E-state index is 0.340. The number of ether oxygens (including phenoxy) is 1. The van der Waals surface area contributed by atoms with E-state index in [9.17, 15) is 0 Å². The Kier molecular flexibility index (Phi) is 4.57. The zero-order chi connectivity index (χ0) is 14.7. The number of rotatable bonds is 4. The molecule has 0 aliphatic rings. The van der Waals surface area contributed by atoms with E-state index in [1.807, 2.05) is 32.0 Å². The lowest BCUT2D eigenvalue weighted by Gasteiger charge is -2.18. The Morgan fingerprint density at radius 1 is 1.25 bits per heavy atom. The molecular formula is C15H18ClN3O. The fourth-order valence-electron chi connectivity index (χ4n) is 2.19. The number of nitrogens with zero attached hydrogens (tertiary/aromatic N) is 2. The minimum Gasteiger partial charge on any atom is -0.496 e. The van der Waals surface area contributed by atoms with Crippen molar-refractivity contribution in [2.75, 3.05) is 7.11 Å². The molecule has 5 heteroatoms. The highest BCUT2D eigenvalue weighted by atomic mass is 35.5. The Balaban J connectivity index is 2.53. The molecule has 0 aliphatic carbocycles. The third-order valence-electron chi connectivity index (χ3n) is 3.22. The highest BCUT2D eigenvalue weighted by Gasteiger charge is 2.18. The van der Waals surface area contributed by atoms with Gasteiger partial charge in [-0.2, -0.15) is 10.2 Å². The zero-order valence-corrected chi connectivity index (χ0v) is 12.6. The summed E-state index contributed by atoms with van der Waals surface area (Å²) in [6.07, 6.45) is 0.777. The highest BCUT2D eigenvalue weighted by Crippen LogP contribution is 2.32. The van der Waals surface area contributed by atoms with Crippen molar-refractivity contribution in [1.29, 1.82) is 0 Å². The normalized spacial score (nSPS) is 12.2. The molecular weight excluding hydrogens is 274 g/mol. The van der Waals surface area contributed by atoms with Crippen LogP contribution in [0.2, 0.25) is 5.02 Å². The summed E-state index contributed by atoms with van der Waals surface area (Å²) in [5.41, 5.74) is 9.94. The number of nitrogens with two attached hydrogens (primary N) is 1. The zero-order valence-electron chi connectivity index (χ0n) is 11.9. The summed E-state index contributed by atoms with van der Waals surface area (Å²) in [7, 11) is 1.62. The number of hydrogen-bond donors (Lipinski definition) is 1. The van der Waals surface area contributed by atoms with Crippen LogP contribution < -0.4 is 10.5 Å². The van der Waals surface area contributed by atoms with Crippen LogP contribution in [0.25, 0.3) is 0 Å². The lowest BCUT2D eigenvalue weighted by atomic mass is 9.96. The molecule has 1 aromatic carbocycles. The van der Waals surface area contributed by atoms with Crippen molar-refractivity contribution in [3.8, 4) is 5.75 Å². The quantitative estimate of drug-likeness (QED) is 0.940. The fourth-order valence-corrected chi connectivity index (χ4v) is 2.37. The first-order chi connectivity index (χ1) is 9.56. The summed E-state index contributed by atoms with van der Waals surface area (Å²) in [5.74, 6) is 0.721. The van der Waals surface area contributed by atoms with Gasteiger partial charge in [0.15, 0.2) is 0 Å². The molecule has 106 valence electrons. The molecule has 0 bridgehead atoms. The fraction of sp³-hybridized carbons (Fsp3) is 0.333. The summed E-state index contributed by atoms with van der Waals surface area (Å²) in [6.45, 7) is 3.93. The Morgan fingerprint density at radius 2 is 2.00 bits per heavy atom. The topological polar surface area (TPSA) is 61.0 Å². The van der Waals surface area contributed by atoms with Crippen molar-refractivity contribution in [2.24, 2.45) is 5.73 Å². The van der Waals surface area contributed by atoms with Gasteiger partial charge in [-0.15, -0.1) is 0 Å². The SMILES string of the molecule is CCc1nnc(C)cc1C(N)c1cc(Cl)ccc1OC. The van der Waals surface area contributed by atoms with Crippen LogP contribution in [0.15, 0.2) is 24.3 Å². The number of benzene rings is 1. The average molecular weight is 292 g/mol. The molecule has 1 aromatic heterocycles. The van der Waals surface area contributed by atoms with E-state index in [2.05, 4.69) is 10.2 Å². The second kappa shape index (κ2) is 6.20. The average Bonchev–Trinajstić information content (AvgIpc) is 2.46. The molecule has 1 heterocycles. The monoisotopic (exact) mass is 291 g/mol. The molecule has 2 rings (SSSR count). The number of halogens is 1. The van der Waals surface area contributed by atoms with E-state index in [0.29, 0.717) is 5.02 Å². The number of aryl methyl sites for hydroxylation is 2. The maximum absolute atomic E-state index is 6.40. The van der Waals surface area contributed by atoms with E-state index < -0.39 is 0 Å². The molecule has 1 unspecified atom stereocenters. The standard InChI is InChI=1S/C15H18ClN3O/c1-4-13-11(7-9(2)18-19-13)15(17)12-8-10(16)5-6-14(12)20-3/h5-8,15H,4,17H2,1-3H3. The lowest BCUT2D eigenvalue weighted by molar-refractivity contribution is 0.407. The van der Waals surface area contributed by atoms with Gasteiger partial charge in [-0.3, -0.25) is 0 Å². The predicted octanol–water partition coefficient (Wildman–Crippen LogP) is 3.06. The molecule has 2 N–H and O–H groups in total. The van der Waals surface area contributed by atoms with Gasteiger partial charge in [0, 0.05) is 10.6 Å². The summed E-state index contributed by atoms with van der Waals surface area (Å²) >= 11 is 6.07. The summed E-state index contributed by atoms with van der Waals surface area (Å²) in [6, 6.07) is 7.07. The van der Waals surface area contributed by atoms with E-state index in [0.717, 1.165) is 34.7 Å². The first-order valence-electron chi connectivity index (χ1n) is 6.49. The van der Waals surface area contributed by atoms with Crippen molar-refractivity contribution >= 4 is 11.6 Å². The highest BCUT2D eigenvalue weighted by molar-refractivity contribution is 6.30. The Labute approximate surface area is 123 Å². The maximum Gasteiger partial charge on any atom is 0.124 e. The maximum atomic E-state index is 6.40. The van der Waals surface area contributed by atoms with E-state index in [-0.39, 0.29) is 6.04 Å². The van der Waals surface area contributed by atoms with Gasteiger partial charge in [0.05, 0.1) is 24.5 Å². The van der Waals surface area contributed by atoms with Gasteiger partial charge in [0.25, 0.3) is 0 Å². The number of aromatic nitrogens is 2. The van der Waals surface area contributed by atoms with Gasteiger partial charge in [-0.05, 0) is 43.2 Å². The van der Waals surface area contributed by atoms with Crippen LogP contribution in [-0.2, 0) is 6.42 Å². The van der Waals surface area contributed by atoms with E-state index >= 15 is 0 Å². The molecule has 0 fully saturated rings. The molecule has 0 saturated carbocycles. The summed E-state index contributed by atoms with van der Waals surface area (Å²) < 4.78 is 5.37. The minimum atomic E-state index is -0.340. The Hall–Kier alpha value is -1.65. The molecule has 1 atom stereocenters. The van der Waals surface area contributed by atoms with Crippen molar-refractivity contribution in [1.82, 2.24) is 10.2 Å². The third kappa shape index (κ3) is 2.92. The van der Waals surface area contributed by atoms with E-state index in [1.165, 1.54) is 0 Å². The number of methoxy groups -OCH3 is 1. The summed E-state index contributed by atoms with van der Waals surface area (Å²) in [4.78, 5) is 0. The molecule has 0 spiro atoms. The van der Waals surface area contributed by atoms with Crippen molar-refractivity contribution in [3.05, 3.63) is 51.8 Å². The van der Waals surface area contributed by atoms with Crippen LogP contribution in [0, 0.1) is 6.92 Å². The molecule has 2 aromatic rings. The van der Waals surface area contributed by atoms with Gasteiger partial charge >= 0.3 is 0 Å². The molecule has 4 nitrogen and oxygen atoms in total. The van der Waals surface area contributed by atoms with Crippen LogP contribution >= 0.6 is 11.6 Å². The van der Waals surface area contributed by atoms with E-state index in [4.69, 9.17) is 22.1 Å². The van der Waals surface area contributed by atoms with Crippen molar-refractivity contribution in [2.45, 2.75) is 26.3 Å². The van der Waals surface area contributed by atoms with Crippen LogP contribution in [0.1, 0.15) is 35.5 Å². The second-order valence-electron chi connectivity index (χ2n) is 4.61. The Bertz CT molecular complexity index is 563. The smallest absolute Gasteiger partial charge is 0.124 e. The van der Waals surface area contributed by atoms with Crippen LogP contribution in [0.3, 0.4) is 0 Å². The van der Waals surface area contributed by atoms with Crippen LogP contribution in [0.5, 0.6) is 5.75 Å². The third-order valence-corrected chi connectivity index (χ3v) is 3.46. The first-order valence-corrected chi connectivity index (χ1v) is 6.86. The van der Waals surface area contributed by atoms with Gasteiger partial charge < -0.3 is 10.5 Å². The van der Waals surface area contributed by atoms with E-state index in [1.54, 1.807) is 13.2 Å². The van der Waals surface area contributed by atoms with Gasteiger partial charge in [0.1, 0.15) is 5.75 Å². The molecule has 0 saturated heterocycles. The summed E-state index contributed by atoms with van der Waals surface area (Å²) in [5, 5.41) is 8.93. The Morgan fingerprint density at radius 3 is 2.65 bits per heavy atom.